The lowest BCUT2D eigenvalue weighted by Crippen LogP contribution is -2.45. The largest absolute Gasteiger partial charge is 0.473 e. The molecule has 0 aliphatic rings. The van der Waals surface area contributed by atoms with E-state index in [9.17, 15) is 4.79 Å². The number of nitrogens with two attached hydrogens (primary N) is 1. The van der Waals surface area contributed by atoms with Crippen molar-refractivity contribution in [1.82, 2.24) is 10.3 Å². The number of nitrogens with one attached hydrogen (secondary N) is 1. The number of hydrogen-bond donors (Lipinski definition) is 4. The van der Waals surface area contributed by atoms with Crippen molar-refractivity contribution in [2.24, 2.45) is 5.73 Å². The van der Waals surface area contributed by atoms with Crippen LogP contribution in [0, 0.1) is 0 Å². The predicted octanol–water partition coefficient (Wildman–Crippen LogP) is 1.40. The van der Waals surface area contributed by atoms with Gasteiger partial charge in [-0.15, -0.1) is 0 Å². The number of carbonyl (C=O) groups excluding carboxylic acids is 1. The lowest BCUT2D eigenvalue weighted by atomic mass is 9.73. The van der Waals surface area contributed by atoms with Gasteiger partial charge in [0.1, 0.15) is 5.41 Å². The third-order valence-corrected chi connectivity index (χ3v) is 4.02. The average Bonchev–Trinajstić information content (AvgIpc) is 2.66. The first-order chi connectivity index (χ1) is 13.2. The van der Waals surface area contributed by atoms with E-state index in [1.54, 1.807) is 6.20 Å². The van der Waals surface area contributed by atoms with E-state index in [0.29, 0.717) is 24.7 Å². The van der Waals surface area contributed by atoms with Crippen molar-refractivity contribution in [2.75, 3.05) is 6.54 Å². The van der Waals surface area contributed by atoms with E-state index in [2.05, 4.69) is 24.1 Å². The zero-order valence-electron chi connectivity index (χ0n) is 15.8. The van der Waals surface area contributed by atoms with Gasteiger partial charge < -0.3 is 21.3 Å². The third kappa shape index (κ3) is 6.17. The fourth-order valence-corrected chi connectivity index (χ4v) is 2.70. The molecule has 0 saturated carbocycles. The van der Waals surface area contributed by atoms with Crippen molar-refractivity contribution in [2.45, 2.75) is 31.7 Å². The minimum absolute atomic E-state index is 0.352. The Hall–Kier alpha value is -3.26. The molecule has 0 saturated heterocycles. The van der Waals surface area contributed by atoms with Crippen molar-refractivity contribution in [3.63, 3.8) is 0 Å². The van der Waals surface area contributed by atoms with Gasteiger partial charge in [0, 0.05) is 12.2 Å². The Balaban J connectivity index is 0.000000568. The van der Waals surface area contributed by atoms with E-state index in [0.717, 1.165) is 5.56 Å². The molecule has 1 aromatic heterocycles. The minimum Gasteiger partial charge on any atom is -0.473 e. The van der Waals surface area contributed by atoms with E-state index in [4.69, 9.17) is 25.5 Å². The van der Waals surface area contributed by atoms with Gasteiger partial charge in [-0.2, -0.15) is 0 Å². The number of benzene rings is 1. The molecule has 1 heterocycles. The summed E-state index contributed by atoms with van der Waals surface area (Å²) in [7, 11) is 0. The molecule has 2 rings (SSSR count). The van der Waals surface area contributed by atoms with Gasteiger partial charge in [-0.05, 0) is 30.7 Å². The van der Waals surface area contributed by atoms with Gasteiger partial charge in [-0.1, -0.05) is 50.2 Å². The highest BCUT2D eigenvalue weighted by Crippen LogP contribution is 2.34. The average molecular weight is 387 g/mol. The van der Waals surface area contributed by atoms with Crippen LogP contribution in [0.3, 0.4) is 0 Å². The number of pyridine rings is 1. The number of nitrogens with zero attached hydrogens (tertiary/aromatic N) is 1. The van der Waals surface area contributed by atoms with Crippen LogP contribution in [0.15, 0.2) is 54.7 Å². The lowest BCUT2D eigenvalue weighted by molar-refractivity contribution is -0.159. The summed E-state index contributed by atoms with van der Waals surface area (Å²) in [4.78, 5) is 35.1. The van der Waals surface area contributed by atoms with Crippen LogP contribution in [0.5, 0.6) is 0 Å². The SMILES string of the molecule is CC(C)NCCC(C(N)=O)(c1ccccc1)c1ccccn1.O=C(O)C(=O)O. The number of carbonyl (C=O) groups is 3. The smallest absolute Gasteiger partial charge is 0.414 e. The summed E-state index contributed by atoms with van der Waals surface area (Å²) >= 11 is 0. The quantitative estimate of drug-likeness (QED) is 0.526. The van der Waals surface area contributed by atoms with Gasteiger partial charge in [0.05, 0.1) is 5.69 Å². The number of carboxylic acid groups (broad SMARTS) is 2. The van der Waals surface area contributed by atoms with Crippen molar-refractivity contribution in [3.8, 4) is 0 Å². The number of hydrogen-bond acceptors (Lipinski definition) is 5. The third-order valence-electron chi connectivity index (χ3n) is 4.02. The van der Waals surface area contributed by atoms with Gasteiger partial charge in [-0.25, -0.2) is 9.59 Å². The number of aromatic nitrogens is 1. The molecule has 0 bridgehead atoms. The highest BCUT2D eigenvalue weighted by molar-refractivity contribution is 6.27. The van der Waals surface area contributed by atoms with E-state index >= 15 is 0 Å². The van der Waals surface area contributed by atoms with Gasteiger partial charge in [-0.3, -0.25) is 9.78 Å². The Bertz CT molecular complexity index is 727. The van der Waals surface area contributed by atoms with Crippen LogP contribution in [0.25, 0.3) is 0 Å². The predicted molar refractivity (Wildman–Crippen MR) is 104 cm³/mol. The van der Waals surface area contributed by atoms with Gasteiger partial charge in [0.2, 0.25) is 5.91 Å². The van der Waals surface area contributed by atoms with Crippen molar-refractivity contribution >= 4 is 17.8 Å². The van der Waals surface area contributed by atoms with Crippen LogP contribution < -0.4 is 11.1 Å². The molecule has 1 atom stereocenters. The first-order valence-corrected chi connectivity index (χ1v) is 8.68. The summed E-state index contributed by atoms with van der Waals surface area (Å²) < 4.78 is 0. The maximum atomic E-state index is 12.5. The molecule has 1 aromatic carbocycles. The first-order valence-electron chi connectivity index (χ1n) is 8.68. The molecule has 2 aromatic rings. The number of rotatable bonds is 7. The maximum Gasteiger partial charge on any atom is 0.414 e. The molecule has 0 fully saturated rings. The van der Waals surface area contributed by atoms with E-state index in [-0.39, 0.29) is 5.91 Å². The van der Waals surface area contributed by atoms with Crippen molar-refractivity contribution < 1.29 is 24.6 Å². The Labute approximate surface area is 163 Å². The highest BCUT2D eigenvalue weighted by Gasteiger charge is 2.41. The summed E-state index contributed by atoms with van der Waals surface area (Å²) in [6.07, 6.45) is 2.27. The van der Waals surface area contributed by atoms with Crippen LogP contribution in [-0.2, 0) is 19.8 Å². The Morgan fingerprint density at radius 2 is 1.61 bits per heavy atom. The molecular formula is C20H25N3O5. The van der Waals surface area contributed by atoms with E-state index in [1.807, 2.05) is 48.5 Å². The fourth-order valence-electron chi connectivity index (χ4n) is 2.70. The Kier molecular flexibility index (Phi) is 8.77. The minimum atomic E-state index is -1.82. The number of aliphatic carboxylic acids is 2. The lowest BCUT2D eigenvalue weighted by Gasteiger charge is -2.31. The van der Waals surface area contributed by atoms with Crippen LogP contribution >= 0.6 is 0 Å². The summed E-state index contributed by atoms with van der Waals surface area (Å²) in [5, 5.41) is 18.1. The molecule has 0 spiro atoms. The molecular weight excluding hydrogens is 362 g/mol. The molecule has 150 valence electrons. The molecule has 0 radical (unpaired) electrons. The highest BCUT2D eigenvalue weighted by atomic mass is 16.4. The molecule has 5 N–H and O–H groups in total. The molecule has 0 aliphatic heterocycles. The summed E-state index contributed by atoms with van der Waals surface area (Å²) in [5.74, 6) is -4.02. The second-order valence-electron chi connectivity index (χ2n) is 6.32. The molecule has 1 amide bonds. The standard InChI is InChI=1S/C18H23N3O.C2H2O4/c1-14(2)20-13-11-18(17(19)22,15-8-4-3-5-9-15)16-10-6-7-12-21-16;3-1(4)2(5)6/h3-10,12,14,20H,11,13H2,1-2H3,(H2,19,22);(H,3,4)(H,5,6). The number of amides is 1. The Morgan fingerprint density at radius 3 is 2.04 bits per heavy atom. The van der Waals surface area contributed by atoms with Crippen LogP contribution in [-0.4, -0.2) is 45.6 Å². The zero-order valence-corrected chi connectivity index (χ0v) is 15.8. The molecule has 1 unspecified atom stereocenters. The summed E-state index contributed by atoms with van der Waals surface area (Å²) in [5.41, 5.74) is 6.51. The Morgan fingerprint density at radius 1 is 1.04 bits per heavy atom. The normalized spacial score (nSPS) is 12.4. The fraction of sp³-hybridized carbons (Fsp3) is 0.300. The molecule has 8 heteroatoms. The molecule has 8 nitrogen and oxygen atoms in total. The summed E-state index contributed by atoms with van der Waals surface area (Å²) in [6, 6.07) is 15.6. The van der Waals surface area contributed by atoms with Crippen molar-refractivity contribution in [1.29, 1.82) is 0 Å². The van der Waals surface area contributed by atoms with Gasteiger partial charge >= 0.3 is 11.9 Å². The van der Waals surface area contributed by atoms with E-state index in [1.165, 1.54) is 0 Å². The maximum absolute atomic E-state index is 12.5. The second kappa shape index (κ2) is 10.8. The van der Waals surface area contributed by atoms with Crippen LogP contribution in [0.1, 0.15) is 31.5 Å². The number of primary amides is 1. The van der Waals surface area contributed by atoms with E-state index < -0.39 is 17.4 Å². The van der Waals surface area contributed by atoms with Gasteiger partial charge in [0.15, 0.2) is 0 Å². The van der Waals surface area contributed by atoms with Crippen LogP contribution in [0.4, 0.5) is 0 Å². The molecule has 28 heavy (non-hydrogen) atoms. The second-order valence-corrected chi connectivity index (χ2v) is 6.32. The first kappa shape index (κ1) is 22.8. The topological polar surface area (TPSA) is 143 Å². The number of carboxylic acids is 2. The van der Waals surface area contributed by atoms with Crippen molar-refractivity contribution in [3.05, 3.63) is 66.0 Å². The zero-order chi connectivity index (χ0) is 21.2. The molecule has 0 aliphatic carbocycles. The monoisotopic (exact) mass is 387 g/mol. The summed E-state index contributed by atoms with van der Waals surface area (Å²) in [6.45, 7) is 4.84. The van der Waals surface area contributed by atoms with Gasteiger partial charge in [0.25, 0.3) is 0 Å². The van der Waals surface area contributed by atoms with Crippen LogP contribution in [0.2, 0.25) is 0 Å².